The Balaban J connectivity index is 1.60. The normalized spacial score (nSPS) is 36.2. The van der Waals surface area contributed by atoms with Gasteiger partial charge in [0.05, 0.1) is 12.9 Å². The van der Waals surface area contributed by atoms with Gasteiger partial charge in [-0.25, -0.2) is 4.98 Å². The van der Waals surface area contributed by atoms with Gasteiger partial charge in [0, 0.05) is 29.6 Å². The zero-order valence-electron chi connectivity index (χ0n) is 16.6. The van der Waals surface area contributed by atoms with Crippen molar-refractivity contribution in [3.63, 3.8) is 0 Å². The van der Waals surface area contributed by atoms with Gasteiger partial charge in [0.25, 0.3) is 0 Å². The van der Waals surface area contributed by atoms with E-state index in [1.165, 1.54) is 18.1 Å². The number of carboxylic acid groups (broad SMARTS) is 1. The number of aromatic amines is 1. The Morgan fingerprint density at radius 3 is 2.70 bits per heavy atom. The Bertz CT molecular complexity index is 663. The quantitative estimate of drug-likeness (QED) is 0.252. The Kier molecular flexibility index (Phi) is 8.52. The molecule has 170 valence electrons. The average molecular weight is 446 g/mol. The predicted molar refractivity (Wildman–Crippen MR) is 109 cm³/mol. The number of aliphatic hydroxyl groups excluding tert-OH is 4. The minimum Gasteiger partial charge on any atom is -0.480 e. The number of rotatable bonds is 8. The van der Waals surface area contributed by atoms with Gasteiger partial charge in [-0.2, -0.15) is 0 Å². The van der Waals surface area contributed by atoms with Crippen LogP contribution in [0, 0.1) is 0 Å². The summed E-state index contributed by atoms with van der Waals surface area (Å²) in [5, 5.41) is 52.6. The first-order valence-electron chi connectivity index (χ1n) is 10.3. The first-order chi connectivity index (χ1) is 14.4. The summed E-state index contributed by atoms with van der Waals surface area (Å²) in [6.07, 6.45) is 2.81. The van der Waals surface area contributed by atoms with Crippen LogP contribution in [0.4, 0.5) is 0 Å². The number of H-pyrrole nitrogens is 1. The number of imidazole rings is 1. The van der Waals surface area contributed by atoms with E-state index in [1.54, 1.807) is 6.20 Å². The van der Waals surface area contributed by atoms with E-state index in [9.17, 15) is 30.3 Å². The molecule has 10 nitrogen and oxygen atoms in total. The minimum absolute atomic E-state index is 0.0149. The number of hydrogen-bond acceptors (Lipinski definition) is 9. The van der Waals surface area contributed by atoms with E-state index in [4.69, 9.17) is 4.74 Å². The first-order valence-corrected chi connectivity index (χ1v) is 11.3. The standard InChI is InChI=1S/C19H31N3O7S/c23-8-14-15(24)16(25)17(26)19(29-14)30-12-4-2-1-3-10(5-12)22-13(18(27)28)6-11-7-20-9-21-11/h7,9-10,12-17,19,22-26H,1-6,8H2,(H,20,21)(H,27,28)/t10?,12?,13-,14?,15-,16?,17?,19-/m0/s1. The molecule has 1 saturated carbocycles. The Morgan fingerprint density at radius 2 is 2.03 bits per heavy atom. The highest BCUT2D eigenvalue weighted by molar-refractivity contribution is 8.00. The van der Waals surface area contributed by atoms with Crippen LogP contribution >= 0.6 is 11.8 Å². The van der Waals surface area contributed by atoms with Crippen molar-refractivity contribution in [3.05, 3.63) is 18.2 Å². The maximum Gasteiger partial charge on any atom is 0.321 e. The summed E-state index contributed by atoms with van der Waals surface area (Å²) in [5.74, 6) is -0.924. The van der Waals surface area contributed by atoms with Gasteiger partial charge in [0.2, 0.25) is 0 Å². The third-order valence-corrected chi connectivity index (χ3v) is 7.24. The fourth-order valence-electron chi connectivity index (χ4n) is 4.08. The highest BCUT2D eigenvalue weighted by Crippen LogP contribution is 2.36. The van der Waals surface area contributed by atoms with Gasteiger partial charge in [-0.1, -0.05) is 12.8 Å². The number of carboxylic acids is 1. The molecule has 8 atom stereocenters. The molecule has 2 aliphatic rings. The van der Waals surface area contributed by atoms with E-state index in [-0.39, 0.29) is 11.3 Å². The van der Waals surface area contributed by atoms with Crippen molar-refractivity contribution in [2.24, 2.45) is 0 Å². The van der Waals surface area contributed by atoms with Crippen LogP contribution in [0.5, 0.6) is 0 Å². The van der Waals surface area contributed by atoms with E-state index in [0.29, 0.717) is 12.8 Å². The van der Waals surface area contributed by atoms with Crippen molar-refractivity contribution >= 4 is 17.7 Å². The molecule has 2 heterocycles. The fourth-order valence-corrected chi connectivity index (χ4v) is 5.63. The number of hydrogen-bond donors (Lipinski definition) is 7. The number of aliphatic carboxylic acids is 1. The average Bonchev–Trinajstić information content (AvgIpc) is 3.13. The Hall–Kier alpha value is -1.21. The zero-order valence-corrected chi connectivity index (χ0v) is 17.4. The van der Waals surface area contributed by atoms with Gasteiger partial charge >= 0.3 is 5.97 Å². The summed E-state index contributed by atoms with van der Waals surface area (Å²) in [7, 11) is 0. The van der Waals surface area contributed by atoms with Crippen molar-refractivity contribution in [2.45, 2.75) is 85.7 Å². The highest BCUT2D eigenvalue weighted by atomic mass is 32.2. The number of ether oxygens (including phenoxy) is 1. The van der Waals surface area contributed by atoms with Crippen LogP contribution in [0.2, 0.25) is 0 Å². The van der Waals surface area contributed by atoms with Gasteiger partial charge in [-0.3, -0.25) is 4.79 Å². The van der Waals surface area contributed by atoms with Gasteiger partial charge < -0.3 is 40.6 Å². The monoisotopic (exact) mass is 445 g/mol. The molecule has 3 rings (SSSR count). The SMILES string of the molecule is O=C(O)[C@H](Cc1cnc[nH]1)NC1CCCCC(S[C@@H]2OC(CO)[C@H](O)C(O)C2O)C1. The summed E-state index contributed by atoms with van der Waals surface area (Å²) in [6.45, 7) is -0.454. The van der Waals surface area contributed by atoms with Crippen molar-refractivity contribution in [3.8, 4) is 0 Å². The van der Waals surface area contributed by atoms with Crippen LogP contribution in [-0.2, 0) is 16.0 Å². The summed E-state index contributed by atoms with van der Waals surface area (Å²) in [4.78, 5) is 18.6. The number of nitrogens with one attached hydrogen (secondary N) is 2. The van der Waals surface area contributed by atoms with E-state index in [2.05, 4.69) is 15.3 Å². The molecule has 0 spiro atoms. The third kappa shape index (κ3) is 5.94. The third-order valence-electron chi connectivity index (χ3n) is 5.76. The van der Waals surface area contributed by atoms with Crippen molar-refractivity contribution in [2.75, 3.05) is 6.61 Å². The fraction of sp³-hybridized carbons (Fsp3) is 0.789. The number of nitrogens with zero attached hydrogens (tertiary/aromatic N) is 1. The lowest BCUT2D eigenvalue weighted by Crippen LogP contribution is -2.57. The lowest BCUT2D eigenvalue weighted by Gasteiger charge is -2.41. The van der Waals surface area contributed by atoms with E-state index in [1.807, 2.05) is 0 Å². The van der Waals surface area contributed by atoms with Gasteiger partial charge in [-0.15, -0.1) is 11.8 Å². The molecule has 2 fully saturated rings. The molecule has 7 N–H and O–H groups in total. The molecule has 5 unspecified atom stereocenters. The predicted octanol–water partition coefficient (Wildman–Crippen LogP) is -0.771. The second-order valence-electron chi connectivity index (χ2n) is 8.01. The van der Waals surface area contributed by atoms with Crippen molar-refractivity contribution < 1.29 is 35.1 Å². The lowest BCUT2D eigenvalue weighted by molar-refractivity contribution is -0.205. The van der Waals surface area contributed by atoms with Crippen LogP contribution in [0.15, 0.2) is 12.5 Å². The molecule has 0 aromatic carbocycles. The molecule has 0 bridgehead atoms. The van der Waals surface area contributed by atoms with Crippen LogP contribution in [0.25, 0.3) is 0 Å². The van der Waals surface area contributed by atoms with Crippen LogP contribution in [0.3, 0.4) is 0 Å². The number of carbonyl (C=O) groups is 1. The lowest BCUT2D eigenvalue weighted by atomic mass is 10.0. The Morgan fingerprint density at radius 1 is 1.27 bits per heavy atom. The first kappa shape index (κ1) is 23.5. The van der Waals surface area contributed by atoms with E-state index >= 15 is 0 Å². The van der Waals surface area contributed by atoms with Crippen molar-refractivity contribution in [1.29, 1.82) is 0 Å². The second-order valence-corrected chi connectivity index (χ2v) is 9.41. The number of thioether (sulfide) groups is 1. The molecular formula is C19H31N3O7S. The van der Waals surface area contributed by atoms with E-state index < -0.39 is 48.5 Å². The summed E-state index contributed by atoms with van der Waals surface area (Å²) in [5.41, 5.74) is -0.0275. The molecule has 1 aliphatic carbocycles. The number of aromatic nitrogens is 2. The van der Waals surface area contributed by atoms with Gasteiger partial charge in [0.1, 0.15) is 35.9 Å². The van der Waals surface area contributed by atoms with Crippen LogP contribution < -0.4 is 5.32 Å². The molecule has 1 aromatic heterocycles. The van der Waals surface area contributed by atoms with Crippen molar-refractivity contribution in [1.82, 2.24) is 15.3 Å². The van der Waals surface area contributed by atoms with Gasteiger partial charge in [-0.05, 0) is 19.3 Å². The highest BCUT2D eigenvalue weighted by Gasteiger charge is 2.44. The molecule has 11 heteroatoms. The molecule has 0 radical (unpaired) electrons. The van der Waals surface area contributed by atoms with Crippen LogP contribution in [0.1, 0.15) is 37.8 Å². The van der Waals surface area contributed by atoms with Crippen LogP contribution in [-0.4, -0.2) is 95.3 Å². The summed E-state index contributed by atoms with van der Waals surface area (Å²) >= 11 is 1.37. The molecule has 1 aliphatic heterocycles. The minimum atomic E-state index is -1.39. The topological polar surface area (TPSA) is 168 Å². The molecule has 1 saturated heterocycles. The maximum atomic E-state index is 11.7. The molecule has 0 amide bonds. The maximum absolute atomic E-state index is 11.7. The number of aliphatic hydroxyl groups is 4. The Labute approximate surface area is 179 Å². The van der Waals surface area contributed by atoms with Gasteiger partial charge in [0.15, 0.2) is 0 Å². The molecular weight excluding hydrogens is 414 g/mol. The second kappa shape index (κ2) is 10.9. The molecule has 30 heavy (non-hydrogen) atoms. The summed E-state index contributed by atoms with van der Waals surface area (Å²) < 4.78 is 5.63. The molecule has 1 aromatic rings. The summed E-state index contributed by atoms with van der Waals surface area (Å²) in [6, 6.07) is -0.759. The van der Waals surface area contributed by atoms with E-state index in [0.717, 1.165) is 31.4 Å². The smallest absolute Gasteiger partial charge is 0.321 e. The largest absolute Gasteiger partial charge is 0.480 e. The zero-order chi connectivity index (χ0) is 21.7.